The standard InChI is InChI=1S/C14H9Cl5NO3S.Na/c1-7-2-8(16)10(18)4-13(7)23-14-5-11(19)9(17)3-12(14)20-24(21,22)6-15;/h2-5H,6H2,1H3;/q-1;+1. The molecule has 2 rings (SSSR count). The maximum absolute atomic E-state index is 11.7. The van der Waals surface area contributed by atoms with Gasteiger partial charge in [-0.05, 0) is 24.6 Å². The van der Waals surface area contributed by atoms with Crippen molar-refractivity contribution in [3.8, 4) is 11.5 Å². The monoisotopic (exact) mass is 469 g/mol. The Hall–Kier alpha value is 0.440. The van der Waals surface area contributed by atoms with E-state index >= 15 is 0 Å². The number of hydrogen-bond acceptors (Lipinski definition) is 3. The molecular weight excluding hydrogens is 462 g/mol. The van der Waals surface area contributed by atoms with Gasteiger partial charge in [0.25, 0.3) is 0 Å². The predicted octanol–water partition coefficient (Wildman–Crippen LogP) is 3.94. The number of hydrogen-bond donors (Lipinski definition) is 0. The zero-order valence-electron chi connectivity index (χ0n) is 13.0. The SMILES string of the molecule is Cc1cc(Cl)c(Cl)cc1Oc1cc(Cl)c(Cl)cc1[N-]S(=O)(=O)CCl.[Na+]. The molecule has 0 radical (unpaired) electrons. The van der Waals surface area contributed by atoms with E-state index in [0.717, 1.165) is 0 Å². The van der Waals surface area contributed by atoms with Crippen LogP contribution in [0.25, 0.3) is 4.72 Å². The maximum atomic E-state index is 11.7. The summed E-state index contributed by atoms with van der Waals surface area (Å²) in [5.41, 5.74) is 0.650. The fourth-order valence-electron chi connectivity index (χ4n) is 1.70. The molecule has 130 valence electrons. The van der Waals surface area contributed by atoms with Crippen LogP contribution in [0.15, 0.2) is 24.3 Å². The van der Waals surface area contributed by atoms with Crippen molar-refractivity contribution in [2.75, 3.05) is 5.21 Å². The summed E-state index contributed by atoms with van der Waals surface area (Å²) >= 11 is 29.2. The van der Waals surface area contributed by atoms with Gasteiger partial charge in [-0.3, -0.25) is 0 Å². The minimum atomic E-state index is -3.88. The van der Waals surface area contributed by atoms with E-state index in [1.165, 1.54) is 18.2 Å². The summed E-state index contributed by atoms with van der Waals surface area (Å²) < 4.78 is 32.6. The molecule has 2 aromatic rings. The first-order valence-electron chi connectivity index (χ1n) is 6.27. The molecule has 0 unspecified atom stereocenters. The summed E-state index contributed by atoms with van der Waals surface area (Å²) in [6, 6.07) is 5.75. The van der Waals surface area contributed by atoms with Crippen molar-refractivity contribution in [2.24, 2.45) is 0 Å². The average Bonchev–Trinajstić information content (AvgIpc) is 2.49. The van der Waals surface area contributed by atoms with E-state index in [2.05, 4.69) is 4.72 Å². The fraction of sp³-hybridized carbons (Fsp3) is 0.143. The van der Waals surface area contributed by atoms with Crippen LogP contribution in [0.5, 0.6) is 11.5 Å². The van der Waals surface area contributed by atoms with Crippen LogP contribution < -0.4 is 34.3 Å². The van der Waals surface area contributed by atoms with Gasteiger partial charge < -0.3 is 9.46 Å². The molecule has 0 aromatic heterocycles. The van der Waals surface area contributed by atoms with Crippen LogP contribution in [0.2, 0.25) is 20.1 Å². The van der Waals surface area contributed by atoms with E-state index in [-0.39, 0.29) is 56.1 Å². The van der Waals surface area contributed by atoms with Crippen LogP contribution in [-0.4, -0.2) is 13.6 Å². The van der Waals surface area contributed by atoms with Crippen LogP contribution in [0.4, 0.5) is 5.69 Å². The minimum absolute atomic E-state index is 0. The van der Waals surface area contributed by atoms with Gasteiger partial charge in [-0.25, -0.2) is 8.42 Å². The summed E-state index contributed by atoms with van der Waals surface area (Å²) in [5.74, 6) is 0.446. The average molecular weight is 472 g/mol. The van der Waals surface area contributed by atoms with Crippen LogP contribution in [0, 0.1) is 6.92 Å². The molecule has 0 fully saturated rings. The third kappa shape index (κ3) is 6.23. The number of benzene rings is 2. The van der Waals surface area contributed by atoms with E-state index in [1.54, 1.807) is 13.0 Å². The first-order chi connectivity index (χ1) is 11.1. The number of rotatable bonds is 5. The Morgan fingerprint density at radius 2 is 1.40 bits per heavy atom. The molecule has 0 amide bonds. The Morgan fingerprint density at radius 1 is 0.920 bits per heavy atom. The van der Waals surface area contributed by atoms with E-state index in [1.807, 2.05) is 0 Å². The quantitative estimate of drug-likeness (QED) is 0.490. The molecule has 0 bridgehead atoms. The van der Waals surface area contributed by atoms with E-state index < -0.39 is 15.2 Å². The molecule has 0 heterocycles. The number of nitrogens with zero attached hydrogens (tertiary/aromatic N) is 1. The van der Waals surface area contributed by atoms with Crippen molar-refractivity contribution in [3.63, 3.8) is 0 Å². The smallest absolute Gasteiger partial charge is 0.573 e. The minimum Gasteiger partial charge on any atom is -0.573 e. The van der Waals surface area contributed by atoms with Crippen molar-refractivity contribution in [3.05, 3.63) is 54.6 Å². The molecule has 0 atom stereocenters. The first kappa shape index (κ1) is 23.5. The molecule has 4 nitrogen and oxygen atoms in total. The Kier molecular flexibility index (Phi) is 9.00. The van der Waals surface area contributed by atoms with Gasteiger partial charge in [0.1, 0.15) is 26.7 Å². The molecule has 2 aromatic carbocycles. The number of aryl methyl sites for hydroxylation is 1. The summed E-state index contributed by atoms with van der Waals surface area (Å²) in [6.45, 7) is 1.75. The summed E-state index contributed by atoms with van der Waals surface area (Å²) in [7, 11) is -3.88. The molecule has 11 heteroatoms. The summed E-state index contributed by atoms with van der Waals surface area (Å²) in [6.07, 6.45) is 0. The molecule has 0 aliphatic heterocycles. The number of halogens is 5. The van der Waals surface area contributed by atoms with Gasteiger partial charge in [0.05, 0.1) is 20.1 Å². The second kappa shape index (κ2) is 9.58. The zero-order valence-corrected chi connectivity index (χ0v) is 19.6. The summed E-state index contributed by atoms with van der Waals surface area (Å²) in [4.78, 5) is 0. The largest absolute Gasteiger partial charge is 1.00 e. The second-order valence-corrected chi connectivity index (χ2v) is 8.50. The number of ether oxygens (including phenoxy) is 1. The third-order valence-electron chi connectivity index (χ3n) is 2.81. The molecule has 0 saturated carbocycles. The Bertz CT molecular complexity index is 893. The second-order valence-electron chi connectivity index (χ2n) is 4.65. The van der Waals surface area contributed by atoms with Crippen molar-refractivity contribution in [2.45, 2.75) is 6.92 Å². The van der Waals surface area contributed by atoms with Gasteiger partial charge in [0, 0.05) is 6.07 Å². The van der Waals surface area contributed by atoms with Crippen molar-refractivity contribution in [1.29, 1.82) is 0 Å². The van der Waals surface area contributed by atoms with Gasteiger partial charge in [-0.2, -0.15) is 0 Å². The van der Waals surface area contributed by atoms with Crippen molar-refractivity contribution >= 4 is 73.7 Å². The molecule has 0 aliphatic carbocycles. The molecular formula is C14H9Cl5NNaO3S. The third-order valence-corrected chi connectivity index (χ3v) is 5.84. The predicted molar refractivity (Wildman–Crippen MR) is 100 cm³/mol. The Balaban J connectivity index is 0.00000312. The van der Waals surface area contributed by atoms with E-state index in [0.29, 0.717) is 16.3 Å². The molecule has 0 saturated heterocycles. The maximum Gasteiger partial charge on any atom is 1.00 e. The van der Waals surface area contributed by atoms with Gasteiger partial charge in [-0.15, -0.1) is 11.6 Å². The molecule has 0 spiro atoms. The van der Waals surface area contributed by atoms with Crippen LogP contribution >= 0.6 is 58.0 Å². The molecule has 0 N–H and O–H groups in total. The van der Waals surface area contributed by atoms with Gasteiger partial charge >= 0.3 is 29.6 Å². The topological polar surface area (TPSA) is 57.5 Å². The fourth-order valence-corrected chi connectivity index (χ4v) is 3.02. The summed E-state index contributed by atoms with van der Waals surface area (Å²) in [5, 5.41) is 0.262. The Morgan fingerprint density at radius 3 is 1.96 bits per heavy atom. The molecule has 25 heavy (non-hydrogen) atoms. The van der Waals surface area contributed by atoms with Crippen molar-refractivity contribution in [1.82, 2.24) is 0 Å². The molecule has 0 aliphatic rings. The van der Waals surface area contributed by atoms with Crippen LogP contribution in [0.1, 0.15) is 5.56 Å². The van der Waals surface area contributed by atoms with Crippen LogP contribution in [0.3, 0.4) is 0 Å². The van der Waals surface area contributed by atoms with Gasteiger partial charge in [0.2, 0.25) is 0 Å². The van der Waals surface area contributed by atoms with Gasteiger partial charge in [-0.1, -0.05) is 58.2 Å². The van der Waals surface area contributed by atoms with Crippen molar-refractivity contribution < 1.29 is 42.7 Å². The normalized spacial score (nSPS) is 11.0. The first-order valence-corrected chi connectivity index (χ1v) is 9.92. The van der Waals surface area contributed by atoms with E-state index in [9.17, 15) is 8.42 Å². The number of alkyl halides is 1. The van der Waals surface area contributed by atoms with Crippen LogP contribution in [-0.2, 0) is 10.0 Å². The van der Waals surface area contributed by atoms with E-state index in [4.69, 9.17) is 62.7 Å². The zero-order chi connectivity index (χ0) is 18.1. The van der Waals surface area contributed by atoms with Gasteiger partial charge in [0.15, 0.2) is 0 Å². The number of sulfonamides is 1. The Labute approximate surface area is 193 Å².